The van der Waals surface area contributed by atoms with Crippen molar-refractivity contribution in [2.24, 2.45) is 12.0 Å². The van der Waals surface area contributed by atoms with Gasteiger partial charge in [0.15, 0.2) is 5.96 Å². The largest absolute Gasteiger partial charge is 0.353 e. The summed E-state index contributed by atoms with van der Waals surface area (Å²) in [5, 5.41) is 6.15. The monoisotopic (exact) mass is 327 g/mol. The summed E-state index contributed by atoms with van der Waals surface area (Å²) in [6.07, 6.45) is 2.03. The number of hydrogen-bond donors (Lipinski definition) is 2. The number of anilines is 1. The number of guanidine groups is 1. The average molecular weight is 327 g/mol. The predicted molar refractivity (Wildman–Crippen MR) is 97.8 cm³/mol. The van der Waals surface area contributed by atoms with Crippen LogP contribution in [0, 0.1) is 0 Å². The minimum atomic E-state index is -0.0711. The molecule has 1 heterocycles. The molecule has 2 N–H and O–H groups in total. The van der Waals surface area contributed by atoms with Gasteiger partial charge in [-0.15, -0.1) is 0 Å². The van der Waals surface area contributed by atoms with Crippen molar-refractivity contribution >= 4 is 17.6 Å². The standard InChI is InChI=1S/C18H25N5O/c1-14(24)21-16-8-5-7-15(11-16)12-20-18(19-2)23(4)13-17-9-6-10-22(17)3/h5-11H,12-13H2,1-4H3,(H,19,20)(H,21,24). The number of benzene rings is 1. The van der Waals surface area contributed by atoms with Gasteiger partial charge in [-0.2, -0.15) is 0 Å². The lowest BCUT2D eigenvalue weighted by Gasteiger charge is -2.22. The molecule has 0 spiro atoms. The smallest absolute Gasteiger partial charge is 0.221 e. The molecule has 0 radical (unpaired) electrons. The van der Waals surface area contributed by atoms with Crippen LogP contribution >= 0.6 is 0 Å². The fourth-order valence-corrected chi connectivity index (χ4v) is 2.51. The molecule has 0 saturated heterocycles. The Kier molecular flexibility index (Phi) is 6.01. The first kappa shape index (κ1) is 17.6. The summed E-state index contributed by atoms with van der Waals surface area (Å²) in [4.78, 5) is 17.6. The van der Waals surface area contributed by atoms with Gasteiger partial charge in [-0.05, 0) is 29.8 Å². The Labute approximate surface area is 143 Å². The molecule has 128 valence electrons. The van der Waals surface area contributed by atoms with Crippen LogP contribution in [0.15, 0.2) is 47.6 Å². The fraction of sp³-hybridized carbons (Fsp3) is 0.333. The second-order valence-corrected chi connectivity index (χ2v) is 5.75. The Balaban J connectivity index is 1.96. The van der Waals surface area contributed by atoms with Crippen LogP contribution in [-0.2, 0) is 24.9 Å². The number of carbonyl (C=O) groups is 1. The summed E-state index contributed by atoms with van der Waals surface area (Å²) >= 11 is 0. The number of nitrogens with zero attached hydrogens (tertiary/aromatic N) is 3. The number of aliphatic imine (C=N–C) groups is 1. The highest BCUT2D eigenvalue weighted by Crippen LogP contribution is 2.11. The lowest BCUT2D eigenvalue weighted by atomic mass is 10.2. The Bertz CT molecular complexity index is 720. The molecule has 6 heteroatoms. The number of hydrogen-bond acceptors (Lipinski definition) is 2. The third-order valence-electron chi connectivity index (χ3n) is 3.72. The van der Waals surface area contributed by atoms with E-state index in [0.717, 1.165) is 23.8 Å². The van der Waals surface area contributed by atoms with Crippen molar-refractivity contribution in [3.63, 3.8) is 0 Å². The van der Waals surface area contributed by atoms with Crippen LogP contribution in [0.3, 0.4) is 0 Å². The molecule has 0 atom stereocenters. The van der Waals surface area contributed by atoms with Crippen molar-refractivity contribution in [2.45, 2.75) is 20.0 Å². The van der Waals surface area contributed by atoms with Crippen LogP contribution < -0.4 is 10.6 Å². The summed E-state index contributed by atoms with van der Waals surface area (Å²) in [7, 11) is 5.82. The second-order valence-electron chi connectivity index (χ2n) is 5.75. The zero-order valence-corrected chi connectivity index (χ0v) is 14.7. The van der Waals surface area contributed by atoms with Gasteiger partial charge in [0.05, 0.1) is 6.54 Å². The lowest BCUT2D eigenvalue weighted by Crippen LogP contribution is -2.38. The van der Waals surface area contributed by atoms with Gasteiger partial charge in [-0.25, -0.2) is 0 Å². The number of aromatic nitrogens is 1. The van der Waals surface area contributed by atoms with E-state index in [4.69, 9.17) is 0 Å². The van der Waals surface area contributed by atoms with Crippen molar-refractivity contribution in [2.75, 3.05) is 19.4 Å². The minimum Gasteiger partial charge on any atom is -0.353 e. The first-order valence-corrected chi connectivity index (χ1v) is 7.88. The fourth-order valence-electron chi connectivity index (χ4n) is 2.51. The molecule has 6 nitrogen and oxygen atoms in total. The van der Waals surface area contributed by atoms with E-state index in [-0.39, 0.29) is 5.91 Å². The topological polar surface area (TPSA) is 61.7 Å². The van der Waals surface area contributed by atoms with Crippen LogP contribution in [-0.4, -0.2) is 35.4 Å². The van der Waals surface area contributed by atoms with Crippen molar-refractivity contribution < 1.29 is 4.79 Å². The maximum Gasteiger partial charge on any atom is 0.221 e. The van der Waals surface area contributed by atoms with Gasteiger partial charge in [-0.3, -0.25) is 9.79 Å². The highest BCUT2D eigenvalue weighted by atomic mass is 16.1. The quantitative estimate of drug-likeness (QED) is 0.654. The highest BCUT2D eigenvalue weighted by Gasteiger charge is 2.08. The van der Waals surface area contributed by atoms with Crippen LogP contribution in [0.4, 0.5) is 5.69 Å². The molecule has 1 aromatic carbocycles. The van der Waals surface area contributed by atoms with Gasteiger partial charge in [0.25, 0.3) is 0 Å². The van der Waals surface area contributed by atoms with E-state index in [2.05, 4.69) is 31.2 Å². The molecule has 0 aliphatic carbocycles. The summed E-state index contributed by atoms with van der Waals surface area (Å²) in [6, 6.07) is 11.9. The molecular weight excluding hydrogens is 302 g/mol. The Morgan fingerprint density at radius 1 is 1.29 bits per heavy atom. The van der Waals surface area contributed by atoms with Crippen molar-refractivity contribution in [3.05, 3.63) is 53.9 Å². The molecule has 2 rings (SSSR count). The maximum absolute atomic E-state index is 11.2. The molecule has 0 bridgehead atoms. The summed E-state index contributed by atoms with van der Waals surface area (Å²) in [5.74, 6) is 0.749. The maximum atomic E-state index is 11.2. The number of rotatable bonds is 5. The molecule has 0 fully saturated rings. The normalized spacial score (nSPS) is 11.2. The van der Waals surface area contributed by atoms with E-state index >= 15 is 0 Å². The SMILES string of the molecule is CN=C(NCc1cccc(NC(C)=O)c1)N(C)Cc1cccn1C. The molecular formula is C18H25N5O. The molecule has 1 amide bonds. The van der Waals surface area contributed by atoms with Crippen molar-refractivity contribution in [3.8, 4) is 0 Å². The van der Waals surface area contributed by atoms with E-state index in [1.807, 2.05) is 50.6 Å². The van der Waals surface area contributed by atoms with Gasteiger partial charge >= 0.3 is 0 Å². The van der Waals surface area contributed by atoms with Crippen LogP contribution in [0.5, 0.6) is 0 Å². The Morgan fingerprint density at radius 2 is 2.08 bits per heavy atom. The molecule has 1 aromatic heterocycles. The van der Waals surface area contributed by atoms with E-state index < -0.39 is 0 Å². The predicted octanol–water partition coefficient (Wildman–Crippen LogP) is 2.19. The summed E-state index contributed by atoms with van der Waals surface area (Å²) in [6.45, 7) is 2.91. The summed E-state index contributed by atoms with van der Waals surface area (Å²) in [5.41, 5.74) is 3.09. The first-order valence-electron chi connectivity index (χ1n) is 7.88. The second kappa shape index (κ2) is 8.19. The van der Waals surface area contributed by atoms with Crippen LogP contribution in [0.25, 0.3) is 0 Å². The third kappa shape index (κ3) is 4.87. The molecule has 24 heavy (non-hydrogen) atoms. The summed E-state index contributed by atoms with van der Waals surface area (Å²) < 4.78 is 2.10. The van der Waals surface area contributed by atoms with E-state index in [1.165, 1.54) is 12.6 Å². The van der Waals surface area contributed by atoms with Crippen LogP contribution in [0.2, 0.25) is 0 Å². The Hall–Kier alpha value is -2.76. The Morgan fingerprint density at radius 3 is 2.71 bits per heavy atom. The zero-order valence-electron chi connectivity index (χ0n) is 14.7. The zero-order chi connectivity index (χ0) is 17.5. The van der Waals surface area contributed by atoms with Gasteiger partial charge in [0.2, 0.25) is 5.91 Å². The van der Waals surface area contributed by atoms with Crippen molar-refractivity contribution in [1.29, 1.82) is 0 Å². The van der Waals surface area contributed by atoms with Crippen LogP contribution in [0.1, 0.15) is 18.2 Å². The number of aryl methyl sites for hydroxylation is 1. The molecule has 2 aromatic rings. The highest BCUT2D eigenvalue weighted by molar-refractivity contribution is 5.88. The van der Waals surface area contributed by atoms with E-state index in [9.17, 15) is 4.79 Å². The molecule has 0 saturated carbocycles. The van der Waals surface area contributed by atoms with Gasteiger partial charge in [0, 0.05) is 52.2 Å². The van der Waals surface area contributed by atoms with Gasteiger partial charge in [-0.1, -0.05) is 12.1 Å². The minimum absolute atomic E-state index is 0.0711. The molecule has 0 unspecified atom stereocenters. The molecule has 0 aliphatic rings. The molecule has 0 aliphatic heterocycles. The average Bonchev–Trinajstić information content (AvgIpc) is 2.93. The first-order chi connectivity index (χ1) is 11.5. The third-order valence-corrected chi connectivity index (χ3v) is 3.72. The van der Waals surface area contributed by atoms with Crippen molar-refractivity contribution in [1.82, 2.24) is 14.8 Å². The van der Waals surface area contributed by atoms with E-state index in [0.29, 0.717) is 6.54 Å². The lowest BCUT2D eigenvalue weighted by molar-refractivity contribution is -0.114. The van der Waals surface area contributed by atoms with Gasteiger partial charge in [0.1, 0.15) is 0 Å². The number of nitrogens with one attached hydrogen (secondary N) is 2. The number of amides is 1. The number of carbonyl (C=O) groups excluding carboxylic acids is 1. The van der Waals surface area contributed by atoms with E-state index in [1.54, 1.807) is 7.05 Å². The van der Waals surface area contributed by atoms with Gasteiger partial charge < -0.3 is 20.1 Å².